The van der Waals surface area contributed by atoms with Gasteiger partial charge in [-0.3, -0.25) is 0 Å². The molecule has 6 heteroatoms. The Balaban J connectivity index is 1.66. The number of anilines is 1. The Labute approximate surface area is 161 Å². The summed E-state index contributed by atoms with van der Waals surface area (Å²) in [6.07, 6.45) is 6.53. The molecule has 3 nitrogen and oxygen atoms in total. The van der Waals surface area contributed by atoms with E-state index in [1.807, 2.05) is 24.3 Å². The Kier molecular flexibility index (Phi) is 5.74. The molecule has 3 rings (SSSR count). The summed E-state index contributed by atoms with van der Waals surface area (Å²) < 4.78 is 0.942. The van der Waals surface area contributed by atoms with E-state index in [1.54, 1.807) is 6.20 Å². The molecule has 0 spiro atoms. The molecule has 1 fully saturated rings. The van der Waals surface area contributed by atoms with E-state index in [2.05, 4.69) is 43.7 Å². The minimum absolute atomic E-state index is 0.101. The fourth-order valence-electron chi connectivity index (χ4n) is 3.30. The third kappa shape index (κ3) is 4.26. The Morgan fingerprint density at radius 3 is 2.71 bits per heavy atom. The molecule has 24 heavy (non-hydrogen) atoms. The van der Waals surface area contributed by atoms with Gasteiger partial charge in [0.1, 0.15) is 5.82 Å². The standard InChI is InChI=1S/C18H19BrClN3S/c19-14-6-7-16(21-11-14)23-17(24)22-12-18(8-1-2-9-18)13-4-3-5-15(20)10-13/h3-7,10-11H,1-2,8-9,12H2,(H2,21,22,23,24). The van der Waals surface area contributed by atoms with Crippen molar-refractivity contribution in [3.63, 3.8) is 0 Å². The average molecular weight is 425 g/mol. The minimum Gasteiger partial charge on any atom is -0.362 e. The van der Waals surface area contributed by atoms with Gasteiger partial charge < -0.3 is 10.6 Å². The molecule has 1 heterocycles. The van der Waals surface area contributed by atoms with Crippen LogP contribution in [0.15, 0.2) is 47.1 Å². The first-order valence-corrected chi connectivity index (χ1v) is 9.58. The summed E-state index contributed by atoms with van der Waals surface area (Å²) in [7, 11) is 0. The highest BCUT2D eigenvalue weighted by atomic mass is 79.9. The molecule has 0 radical (unpaired) electrons. The first-order valence-electron chi connectivity index (χ1n) is 8.00. The van der Waals surface area contributed by atoms with Crippen LogP contribution in [0.4, 0.5) is 5.82 Å². The van der Waals surface area contributed by atoms with Crippen molar-refractivity contribution < 1.29 is 0 Å². The zero-order chi connectivity index (χ0) is 17.0. The van der Waals surface area contributed by atoms with Crippen molar-refractivity contribution >= 4 is 50.7 Å². The summed E-state index contributed by atoms with van der Waals surface area (Å²) in [5.74, 6) is 0.735. The number of benzene rings is 1. The molecule has 1 aromatic carbocycles. The van der Waals surface area contributed by atoms with E-state index in [4.69, 9.17) is 23.8 Å². The molecule has 126 valence electrons. The van der Waals surface area contributed by atoms with Gasteiger partial charge in [-0.2, -0.15) is 0 Å². The number of hydrogen-bond donors (Lipinski definition) is 2. The van der Waals surface area contributed by atoms with Gasteiger partial charge in [-0.1, -0.05) is 36.6 Å². The summed E-state index contributed by atoms with van der Waals surface area (Å²) in [5.41, 5.74) is 1.40. The smallest absolute Gasteiger partial charge is 0.171 e. The van der Waals surface area contributed by atoms with Crippen molar-refractivity contribution in [1.29, 1.82) is 0 Å². The Morgan fingerprint density at radius 1 is 1.25 bits per heavy atom. The van der Waals surface area contributed by atoms with E-state index in [9.17, 15) is 0 Å². The molecule has 0 atom stereocenters. The number of halogens is 2. The quantitative estimate of drug-likeness (QED) is 0.653. The Hall–Kier alpha value is -1.17. The van der Waals surface area contributed by atoms with E-state index < -0.39 is 0 Å². The van der Waals surface area contributed by atoms with Gasteiger partial charge in [0.15, 0.2) is 5.11 Å². The van der Waals surface area contributed by atoms with Crippen LogP contribution in [-0.2, 0) is 5.41 Å². The molecule has 0 bridgehead atoms. The molecule has 0 amide bonds. The van der Waals surface area contributed by atoms with Gasteiger partial charge in [0.25, 0.3) is 0 Å². The predicted octanol–water partition coefficient (Wildman–Crippen LogP) is 5.30. The summed E-state index contributed by atoms with van der Waals surface area (Å²) in [6.45, 7) is 0.801. The molecule has 2 N–H and O–H groups in total. The van der Waals surface area contributed by atoms with Gasteiger partial charge in [-0.05, 0) is 70.8 Å². The number of aromatic nitrogens is 1. The van der Waals surface area contributed by atoms with Crippen LogP contribution >= 0.6 is 39.7 Å². The highest BCUT2D eigenvalue weighted by Crippen LogP contribution is 2.41. The molecule has 0 aliphatic heterocycles. The summed E-state index contributed by atoms with van der Waals surface area (Å²) in [5, 5.41) is 7.89. The summed E-state index contributed by atoms with van der Waals surface area (Å²) in [4.78, 5) is 4.28. The second-order valence-corrected chi connectivity index (χ2v) is 7.93. The lowest BCUT2D eigenvalue weighted by Crippen LogP contribution is -2.40. The average Bonchev–Trinajstić information content (AvgIpc) is 3.05. The number of thiocarbonyl (C=S) groups is 1. The van der Waals surface area contributed by atoms with Gasteiger partial charge in [0.2, 0.25) is 0 Å². The molecule has 1 aliphatic carbocycles. The molecule has 2 aromatic rings. The van der Waals surface area contributed by atoms with E-state index in [-0.39, 0.29) is 5.41 Å². The van der Waals surface area contributed by atoms with Crippen LogP contribution < -0.4 is 10.6 Å². The van der Waals surface area contributed by atoms with Crippen molar-refractivity contribution in [3.05, 3.63) is 57.7 Å². The van der Waals surface area contributed by atoms with Gasteiger partial charge in [-0.15, -0.1) is 0 Å². The number of nitrogens with one attached hydrogen (secondary N) is 2. The number of nitrogens with zero attached hydrogens (tertiary/aromatic N) is 1. The normalized spacial score (nSPS) is 15.9. The monoisotopic (exact) mass is 423 g/mol. The third-order valence-corrected chi connectivity index (χ3v) is 5.50. The van der Waals surface area contributed by atoms with E-state index in [0.717, 1.165) is 34.7 Å². The molecule has 1 aliphatic rings. The van der Waals surface area contributed by atoms with Gasteiger partial charge in [0, 0.05) is 27.7 Å². The fourth-order valence-corrected chi connectivity index (χ4v) is 3.90. The van der Waals surface area contributed by atoms with E-state index >= 15 is 0 Å². The molecular weight excluding hydrogens is 406 g/mol. The number of rotatable bonds is 4. The first-order chi connectivity index (χ1) is 11.6. The summed E-state index contributed by atoms with van der Waals surface area (Å²) >= 11 is 15.0. The highest BCUT2D eigenvalue weighted by Gasteiger charge is 2.35. The van der Waals surface area contributed by atoms with E-state index in [1.165, 1.54) is 18.4 Å². The maximum Gasteiger partial charge on any atom is 0.171 e. The van der Waals surface area contributed by atoms with Gasteiger partial charge >= 0.3 is 0 Å². The van der Waals surface area contributed by atoms with Crippen LogP contribution in [0.2, 0.25) is 5.02 Å². The fraction of sp³-hybridized carbons (Fsp3) is 0.333. The lowest BCUT2D eigenvalue weighted by molar-refractivity contribution is 0.435. The summed E-state index contributed by atoms with van der Waals surface area (Å²) in [6, 6.07) is 12.0. The molecule has 0 unspecified atom stereocenters. The minimum atomic E-state index is 0.101. The number of hydrogen-bond acceptors (Lipinski definition) is 2. The topological polar surface area (TPSA) is 37.0 Å². The predicted molar refractivity (Wildman–Crippen MR) is 108 cm³/mol. The van der Waals surface area contributed by atoms with Crippen molar-refractivity contribution in [2.45, 2.75) is 31.1 Å². The maximum atomic E-state index is 6.20. The maximum absolute atomic E-state index is 6.20. The second-order valence-electron chi connectivity index (χ2n) is 6.17. The molecule has 0 saturated heterocycles. The zero-order valence-corrected chi connectivity index (χ0v) is 16.3. The molecular formula is C18H19BrClN3S. The molecule has 1 aromatic heterocycles. The SMILES string of the molecule is S=C(NCC1(c2cccc(Cl)c2)CCCC1)Nc1ccc(Br)cn1. The van der Waals surface area contributed by atoms with Crippen LogP contribution in [-0.4, -0.2) is 16.6 Å². The van der Waals surface area contributed by atoms with Crippen molar-refractivity contribution in [3.8, 4) is 0 Å². The highest BCUT2D eigenvalue weighted by molar-refractivity contribution is 9.10. The van der Waals surface area contributed by atoms with Crippen LogP contribution in [0.3, 0.4) is 0 Å². The lowest BCUT2D eigenvalue weighted by atomic mass is 9.79. The van der Waals surface area contributed by atoms with E-state index in [0.29, 0.717) is 5.11 Å². The van der Waals surface area contributed by atoms with Crippen LogP contribution in [0, 0.1) is 0 Å². The first kappa shape index (κ1) is 17.6. The Morgan fingerprint density at radius 2 is 2.04 bits per heavy atom. The second kappa shape index (κ2) is 7.81. The largest absolute Gasteiger partial charge is 0.362 e. The zero-order valence-electron chi connectivity index (χ0n) is 13.2. The van der Waals surface area contributed by atoms with Crippen molar-refractivity contribution in [2.24, 2.45) is 0 Å². The lowest BCUT2D eigenvalue weighted by Gasteiger charge is -2.30. The molecule has 1 saturated carbocycles. The van der Waals surface area contributed by atoms with Gasteiger partial charge in [-0.25, -0.2) is 4.98 Å². The number of pyridine rings is 1. The Bertz CT molecular complexity index is 714. The van der Waals surface area contributed by atoms with Gasteiger partial charge in [0.05, 0.1) is 0 Å². The van der Waals surface area contributed by atoms with Crippen LogP contribution in [0.25, 0.3) is 0 Å². The third-order valence-electron chi connectivity index (χ3n) is 4.55. The van der Waals surface area contributed by atoms with Crippen LogP contribution in [0.1, 0.15) is 31.2 Å². The van der Waals surface area contributed by atoms with Crippen molar-refractivity contribution in [2.75, 3.05) is 11.9 Å². The van der Waals surface area contributed by atoms with Crippen LogP contribution in [0.5, 0.6) is 0 Å². The van der Waals surface area contributed by atoms with Crippen molar-refractivity contribution in [1.82, 2.24) is 10.3 Å².